The van der Waals surface area contributed by atoms with Gasteiger partial charge in [0.15, 0.2) is 5.01 Å². The van der Waals surface area contributed by atoms with Crippen LogP contribution in [-0.2, 0) is 5.60 Å². The first kappa shape index (κ1) is 14.7. The standard InChI is InChI=1S/C17H16N2O2S/c1-17(21,12-7-3-2-4-8-12)11-18-15(20)16-19-13-9-5-6-10-14(13)22-16/h2-10,21H,11H2,1H3,(H,18,20). The van der Waals surface area contributed by atoms with Crippen LogP contribution in [0.25, 0.3) is 10.2 Å². The van der Waals surface area contributed by atoms with Crippen molar-refractivity contribution in [3.8, 4) is 0 Å². The van der Waals surface area contributed by atoms with Crippen LogP contribution in [-0.4, -0.2) is 22.5 Å². The molecule has 0 aliphatic carbocycles. The number of para-hydroxylation sites is 1. The lowest BCUT2D eigenvalue weighted by molar-refractivity contribution is 0.0526. The average Bonchev–Trinajstić information content (AvgIpc) is 2.98. The summed E-state index contributed by atoms with van der Waals surface area (Å²) < 4.78 is 0.975. The molecule has 1 unspecified atom stereocenters. The van der Waals surface area contributed by atoms with E-state index in [0.29, 0.717) is 5.01 Å². The minimum absolute atomic E-state index is 0.131. The molecule has 1 atom stereocenters. The number of aromatic nitrogens is 1. The van der Waals surface area contributed by atoms with Crippen LogP contribution in [0.15, 0.2) is 54.6 Å². The summed E-state index contributed by atoms with van der Waals surface area (Å²) in [7, 11) is 0. The van der Waals surface area contributed by atoms with Crippen LogP contribution in [0.2, 0.25) is 0 Å². The van der Waals surface area contributed by atoms with Gasteiger partial charge in [-0.2, -0.15) is 0 Å². The van der Waals surface area contributed by atoms with Gasteiger partial charge in [-0.25, -0.2) is 4.98 Å². The molecular weight excluding hydrogens is 296 g/mol. The Morgan fingerprint density at radius 3 is 2.59 bits per heavy atom. The second-order valence-electron chi connectivity index (χ2n) is 5.31. The molecule has 2 N–H and O–H groups in total. The normalized spacial score (nSPS) is 13.7. The molecule has 1 amide bonds. The number of fused-ring (bicyclic) bond motifs is 1. The third-order valence-corrected chi connectivity index (χ3v) is 4.51. The Labute approximate surface area is 132 Å². The molecule has 4 nitrogen and oxygen atoms in total. The van der Waals surface area contributed by atoms with Crippen LogP contribution < -0.4 is 5.32 Å². The number of thiazole rings is 1. The molecule has 0 fully saturated rings. The largest absolute Gasteiger partial charge is 0.384 e. The van der Waals surface area contributed by atoms with Crippen molar-refractivity contribution in [1.82, 2.24) is 10.3 Å². The predicted molar refractivity (Wildman–Crippen MR) is 88.0 cm³/mol. The number of amides is 1. The maximum absolute atomic E-state index is 12.2. The molecule has 1 heterocycles. The van der Waals surface area contributed by atoms with Gasteiger partial charge in [0, 0.05) is 0 Å². The van der Waals surface area contributed by atoms with Crippen molar-refractivity contribution in [1.29, 1.82) is 0 Å². The van der Waals surface area contributed by atoms with E-state index >= 15 is 0 Å². The number of hydrogen-bond donors (Lipinski definition) is 2. The maximum atomic E-state index is 12.2. The van der Waals surface area contributed by atoms with Gasteiger partial charge < -0.3 is 10.4 Å². The minimum Gasteiger partial charge on any atom is -0.384 e. The topological polar surface area (TPSA) is 62.2 Å². The van der Waals surface area contributed by atoms with E-state index in [-0.39, 0.29) is 12.5 Å². The molecule has 3 rings (SSSR count). The van der Waals surface area contributed by atoms with Gasteiger partial charge in [0.1, 0.15) is 5.60 Å². The van der Waals surface area contributed by atoms with E-state index in [2.05, 4.69) is 10.3 Å². The number of nitrogens with zero attached hydrogens (tertiary/aromatic N) is 1. The molecule has 112 valence electrons. The second kappa shape index (κ2) is 5.87. The van der Waals surface area contributed by atoms with E-state index in [1.165, 1.54) is 11.3 Å². The Balaban J connectivity index is 1.72. The minimum atomic E-state index is -1.12. The monoisotopic (exact) mass is 312 g/mol. The highest BCUT2D eigenvalue weighted by molar-refractivity contribution is 7.20. The van der Waals surface area contributed by atoms with Gasteiger partial charge in [0.25, 0.3) is 5.91 Å². The fourth-order valence-electron chi connectivity index (χ4n) is 2.20. The van der Waals surface area contributed by atoms with E-state index in [1.807, 2.05) is 54.6 Å². The highest BCUT2D eigenvalue weighted by Gasteiger charge is 2.24. The molecule has 0 spiro atoms. The molecule has 5 heteroatoms. The van der Waals surface area contributed by atoms with Crippen LogP contribution >= 0.6 is 11.3 Å². The van der Waals surface area contributed by atoms with E-state index in [1.54, 1.807) is 6.92 Å². The lowest BCUT2D eigenvalue weighted by atomic mass is 9.96. The highest BCUT2D eigenvalue weighted by Crippen LogP contribution is 2.22. The number of benzene rings is 2. The lowest BCUT2D eigenvalue weighted by Gasteiger charge is -2.23. The van der Waals surface area contributed by atoms with Crippen LogP contribution in [0.5, 0.6) is 0 Å². The SMILES string of the molecule is CC(O)(CNC(=O)c1nc2ccccc2s1)c1ccccc1. The summed E-state index contributed by atoms with van der Waals surface area (Å²) in [4.78, 5) is 16.5. The Morgan fingerprint density at radius 2 is 1.86 bits per heavy atom. The third-order valence-electron chi connectivity index (χ3n) is 3.48. The summed E-state index contributed by atoms with van der Waals surface area (Å²) in [5, 5.41) is 13.7. The fourth-order valence-corrected chi connectivity index (χ4v) is 3.08. The van der Waals surface area contributed by atoms with Crippen LogP contribution in [0.3, 0.4) is 0 Å². The van der Waals surface area contributed by atoms with E-state index < -0.39 is 5.60 Å². The van der Waals surface area contributed by atoms with Crippen molar-refractivity contribution < 1.29 is 9.90 Å². The molecule has 0 aliphatic rings. The number of hydrogen-bond acceptors (Lipinski definition) is 4. The van der Waals surface area contributed by atoms with Gasteiger partial charge in [-0.05, 0) is 24.6 Å². The van der Waals surface area contributed by atoms with Crippen molar-refractivity contribution in [2.75, 3.05) is 6.54 Å². The Hall–Kier alpha value is -2.24. The summed E-state index contributed by atoms with van der Waals surface area (Å²) >= 11 is 1.35. The Bertz CT molecular complexity index is 764. The number of carbonyl (C=O) groups excluding carboxylic acids is 1. The number of aliphatic hydroxyl groups is 1. The number of nitrogens with one attached hydrogen (secondary N) is 1. The first-order valence-electron chi connectivity index (χ1n) is 6.98. The zero-order valence-electron chi connectivity index (χ0n) is 12.1. The number of carbonyl (C=O) groups is 1. The second-order valence-corrected chi connectivity index (χ2v) is 6.34. The zero-order valence-corrected chi connectivity index (χ0v) is 12.9. The fraction of sp³-hybridized carbons (Fsp3) is 0.176. The van der Waals surface area contributed by atoms with Gasteiger partial charge >= 0.3 is 0 Å². The van der Waals surface area contributed by atoms with Gasteiger partial charge in [-0.1, -0.05) is 42.5 Å². The third kappa shape index (κ3) is 3.00. The van der Waals surface area contributed by atoms with Crippen molar-refractivity contribution in [3.63, 3.8) is 0 Å². The van der Waals surface area contributed by atoms with Crippen molar-refractivity contribution >= 4 is 27.5 Å². The van der Waals surface area contributed by atoms with Gasteiger partial charge in [0.05, 0.1) is 16.8 Å². The molecule has 0 aliphatic heterocycles. The lowest BCUT2D eigenvalue weighted by Crippen LogP contribution is -2.38. The van der Waals surface area contributed by atoms with Crippen LogP contribution in [0.1, 0.15) is 22.3 Å². The summed E-state index contributed by atoms with van der Waals surface area (Å²) in [6.07, 6.45) is 0. The average molecular weight is 312 g/mol. The van der Waals surface area contributed by atoms with Crippen LogP contribution in [0, 0.1) is 0 Å². The Morgan fingerprint density at radius 1 is 1.18 bits per heavy atom. The maximum Gasteiger partial charge on any atom is 0.280 e. The zero-order chi connectivity index (χ0) is 15.6. The first-order chi connectivity index (χ1) is 10.6. The molecule has 2 aromatic carbocycles. The smallest absolute Gasteiger partial charge is 0.280 e. The predicted octanol–water partition coefficient (Wildman–Crippen LogP) is 2.93. The summed E-state index contributed by atoms with van der Waals surface area (Å²) in [6.45, 7) is 1.81. The number of rotatable bonds is 4. The molecule has 1 aromatic heterocycles. The summed E-state index contributed by atoms with van der Waals surface area (Å²) in [5.74, 6) is -0.266. The van der Waals surface area contributed by atoms with E-state index in [4.69, 9.17) is 0 Å². The molecule has 22 heavy (non-hydrogen) atoms. The first-order valence-corrected chi connectivity index (χ1v) is 7.79. The molecule has 3 aromatic rings. The quantitative estimate of drug-likeness (QED) is 0.778. The van der Waals surface area contributed by atoms with E-state index in [9.17, 15) is 9.90 Å². The van der Waals surface area contributed by atoms with Crippen molar-refractivity contribution in [2.24, 2.45) is 0 Å². The summed E-state index contributed by atoms with van der Waals surface area (Å²) in [6, 6.07) is 16.9. The highest BCUT2D eigenvalue weighted by atomic mass is 32.1. The van der Waals surface area contributed by atoms with Gasteiger partial charge in [0.2, 0.25) is 0 Å². The Kier molecular flexibility index (Phi) is 3.92. The van der Waals surface area contributed by atoms with Crippen LogP contribution in [0.4, 0.5) is 0 Å². The van der Waals surface area contributed by atoms with Crippen molar-refractivity contribution in [3.05, 3.63) is 65.2 Å². The molecular formula is C17H16N2O2S. The van der Waals surface area contributed by atoms with Gasteiger partial charge in [-0.15, -0.1) is 11.3 Å². The molecule has 0 saturated carbocycles. The van der Waals surface area contributed by atoms with Crippen molar-refractivity contribution in [2.45, 2.75) is 12.5 Å². The van der Waals surface area contributed by atoms with Gasteiger partial charge in [-0.3, -0.25) is 4.79 Å². The molecule has 0 radical (unpaired) electrons. The summed E-state index contributed by atoms with van der Waals surface area (Å²) in [5.41, 5.74) is 0.459. The molecule has 0 bridgehead atoms. The van der Waals surface area contributed by atoms with E-state index in [0.717, 1.165) is 15.8 Å². The molecule has 0 saturated heterocycles.